The van der Waals surface area contributed by atoms with Gasteiger partial charge < -0.3 is 10.8 Å². The first-order valence-electron chi connectivity index (χ1n) is 5.14. The predicted molar refractivity (Wildman–Crippen MR) is 59.4 cm³/mol. The minimum absolute atomic E-state index is 0.0620. The third-order valence-corrected chi connectivity index (χ3v) is 2.56. The van der Waals surface area contributed by atoms with Gasteiger partial charge in [0.25, 0.3) is 0 Å². The van der Waals surface area contributed by atoms with Crippen molar-refractivity contribution in [2.24, 2.45) is 11.7 Å². The van der Waals surface area contributed by atoms with Gasteiger partial charge in [0.15, 0.2) is 0 Å². The van der Waals surface area contributed by atoms with Crippen LogP contribution in [0.3, 0.4) is 0 Å². The van der Waals surface area contributed by atoms with E-state index in [2.05, 4.69) is 0 Å². The summed E-state index contributed by atoms with van der Waals surface area (Å²) in [6.07, 6.45) is 1.32. The van der Waals surface area contributed by atoms with Crippen LogP contribution < -0.4 is 5.73 Å². The van der Waals surface area contributed by atoms with Crippen LogP contribution in [0.2, 0.25) is 0 Å². The minimum Gasteiger partial charge on any atom is -0.481 e. The van der Waals surface area contributed by atoms with Gasteiger partial charge in [-0.05, 0) is 18.4 Å². The van der Waals surface area contributed by atoms with Gasteiger partial charge in [-0.2, -0.15) is 0 Å². The normalized spacial score (nSPS) is 14.5. The fraction of sp³-hybridized carbons (Fsp3) is 0.417. The summed E-state index contributed by atoms with van der Waals surface area (Å²) in [7, 11) is 0. The first kappa shape index (κ1) is 11.7. The second-order valence-electron chi connectivity index (χ2n) is 3.83. The molecule has 82 valence electrons. The fourth-order valence-corrected chi connectivity index (χ4v) is 1.42. The number of carboxylic acids is 1. The minimum atomic E-state index is -0.754. The summed E-state index contributed by atoms with van der Waals surface area (Å²) in [6.45, 7) is 1.71. The van der Waals surface area contributed by atoms with Gasteiger partial charge in [-0.3, -0.25) is 4.79 Å². The van der Waals surface area contributed by atoms with Crippen LogP contribution >= 0.6 is 0 Å². The van der Waals surface area contributed by atoms with Crippen molar-refractivity contribution < 1.29 is 9.90 Å². The van der Waals surface area contributed by atoms with E-state index >= 15 is 0 Å². The summed E-state index contributed by atoms with van der Waals surface area (Å²) >= 11 is 0. The number of hydrogen-bond acceptors (Lipinski definition) is 2. The topological polar surface area (TPSA) is 63.3 Å². The van der Waals surface area contributed by atoms with Crippen LogP contribution in [0.25, 0.3) is 0 Å². The number of aliphatic carboxylic acids is 1. The highest BCUT2D eigenvalue weighted by Gasteiger charge is 2.13. The molecule has 0 aliphatic heterocycles. The van der Waals surface area contributed by atoms with Crippen LogP contribution in [0.15, 0.2) is 30.3 Å². The molecule has 3 N–H and O–H groups in total. The third kappa shape index (κ3) is 3.72. The number of rotatable bonds is 5. The van der Waals surface area contributed by atoms with Gasteiger partial charge in [0, 0.05) is 6.04 Å². The Balaban J connectivity index is 2.43. The second-order valence-corrected chi connectivity index (χ2v) is 3.83. The van der Waals surface area contributed by atoms with Crippen molar-refractivity contribution in [3.8, 4) is 0 Å². The first-order chi connectivity index (χ1) is 7.11. The quantitative estimate of drug-likeness (QED) is 0.777. The molecule has 15 heavy (non-hydrogen) atoms. The molecule has 1 aromatic rings. The van der Waals surface area contributed by atoms with Gasteiger partial charge in [0.05, 0.1) is 5.92 Å². The number of carboxylic acid groups (broad SMARTS) is 1. The Kier molecular flexibility index (Phi) is 4.31. The molecule has 0 radical (unpaired) electrons. The van der Waals surface area contributed by atoms with Crippen LogP contribution in [0.4, 0.5) is 0 Å². The summed E-state index contributed by atoms with van der Waals surface area (Å²) in [6, 6.07) is 9.70. The summed E-state index contributed by atoms with van der Waals surface area (Å²) in [5.74, 6) is -1.07. The average molecular weight is 207 g/mol. The van der Waals surface area contributed by atoms with Crippen molar-refractivity contribution in [3.05, 3.63) is 35.9 Å². The molecule has 1 aromatic carbocycles. The van der Waals surface area contributed by atoms with E-state index in [1.165, 1.54) is 0 Å². The number of nitrogens with two attached hydrogens (primary N) is 1. The zero-order valence-electron chi connectivity index (χ0n) is 8.89. The van der Waals surface area contributed by atoms with Gasteiger partial charge in [0.1, 0.15) is 0 Å². The molecule has 0 amide bonds. The smallest absolute Gasteiger partial charge is 0.306 e. The van der Waals surface area contributed by atoms with Gasteiger partial charge in [0.2, 0.25) is 0 Å². The average Bonchev–Trinajstić information content (AvgIpc) is 2.26. The standard InChI is InChI=1S/C12H17NO2/c1-9(12(14)15)7-8-11(13)10-5-3-2-4-6-10/h2-6,9,11H,7-8,13H2,1H3,(H,14,15). The molecular weight excluding hydrogens is 190 g/mol. The lowest BCUT2D eigenvalue weighted by Gasteiger charge is -2.13. The van der Waals surface area contributed by atoms with E-state index in [0.717, 1.165) is 5.56 Å². The molecule has 0 bridgehead atoms. The Morgan fingerprint density at radius 1 is 1.33 bits per heavy atom. The molecule has 0 aromatic heterocycles. The van der Waals surface area contributed by atoms with Crippen LogP contribution in [-0.2, 0) is 4.79 Å². The molecule has 3 nitrogen and oxygen atoms in total. The maximum Gasteiger partial charge on any atom is 0.306 e. The van der Waals surface area contributed by atoms with Crippen molar-refractivity contribution >= 4 is 5.97 Å². The molecule has 0 spiro atoms. The Hall–Kier alpha value is -1.35. The van der Waals surface area contributed by atoms with Gasteiger partial charge in [-0.25, -0.2) is 0 Å². The molecular formula is C12H17NO2. The highest BCUT2D eigenvalue weighted by atomic mass is 16.4. The van der Waals surface area contributed by atoms with E-state index in [0.29, 0.717) is 12.8 Å². The lowest BCUT2D eigenvalue weighted by Crippen LogP contribution is -2.15. The van der Waals surface area contributed by atoms with Crippen molar-refractivity contribution in [3.63, 3.8) is 0 Å². The Labute approximate surface area is 89.9 Å². The predicted octanol–water partition coefficient (Wildman–Crippen LogP) is 2.19. The molecule has 0 aliphatic rings. The van der Waals surface area contributed by atoms with E-state index in [-0.39, 0.29) is 12.0 Å². The van der Waals surface area contributed by atoms with Crippen LogP contribution in [0, 0.1) is 5.92 Å². The Morgan fingerprint density at radius 3 is 2.47 bits per heavy atom. The number of hydrogen-bond donors (Lipinski definition) is 2. The summed E-state index contributed by atoms with van der Waals surface area (Å²) < 4.78 is 0. The van der Waals surface area contributed by atoms with Crippen molar-refractivity contribution in [1.82, 2.24) is 0 Å². The van der Waals surface area contributed by atoms with Gasteiger partial charge >= 0.3 is 5.97 Å². The molecule has 2 unspecified atom stereocenters. The van der Waals surface area contributed by atoms with Gasteiger partial charge in [-0.1, -0.05) is 37.3 Å². The lowest BCUT2D eigenvalue weighted by atomic mass is 9.97. The maximum atomic E-state index is 10.6. The summed E-state index contributed by atoms with van der Waals surface area (Å²) in [5, 5.41) is 8.72. The fourth-order valence-electron chi connectivity index (χ4n) is 1.42. The molecule has 2 atom stereocenters. The highest BCUT2D eigenvalue weighted by molar-refractivity contribution is 5.69. The van der Waals surface area contributed by atoms with E-state index in [1.807, 2.05) is 30.3 Å². The van der Waals surface area contributed by atoms with E-state index in [9.17, 15) is 4.79 Å². The van der Waals surface area contributed by atoms with E-state index in [4.69, 9.17) is 10.8 Å². The van der Waals surface area contributed by atoms with Crippen molar-refractivity contribution in [2.45, 2.75) is 25.8 Å². The lowest BCUT2D eigenvalue weighted by molar-refractivity contribution is -0.141. The molecule has 0 saturated heterocycles. The molecule has 0 heterocycles. The monoisotopic (exact) mass is 207 g/mol. The molecule has 0 aliphatic carbocycles. The van der Waals surface area contributed by atoms with Crippen LogP contribution in [-0.4, -0.2) is 11.1 Å². The highest BCUT2D eigenvalue weighted by Crippen LogP contribution is 2.18. The summed E-state index contributed by atoms with van der Waals surface area (Å²) in [5.41, 5.74) is 7.02. The zero-order valence-corrected chi connectivity index (χ0v) is 8.89. The number of benzene rings is 1. The van der Waals surface area contributed by atoms with Gasteiger partial charge in [-0.15, -0.1) is 0 Å². The molecule has 0 fully saturated rings. The summed E-state index contributed by atoms with van der Waals surface area (Å²) in [4.78, 5) is 10.6. The first-order valence-corrected chi connectivity index (χ1v) is 5.14. The molecule has 1 rings (SSSR count). The van der Waals surface area contributed by atoms with E-state index < -0.39 is 5.97 Å². The Morgan fingerprint density at radius 2 is 1.93 bits per heavy atom. The van der Waals surface area contributed by atoms with Crippen LogP contribution in [0.5, 0.6) is 0 Å². The largest absolute Gasteiger partial charge is 0.481 e. The maximum absolute atomic E-state index is 10.6. The SMILES string of the molecule is CC(CCC(N)c1ccccc1)C(=O)O. The number of carbonyl (C=O) groups is 1. The molecule has 3 heteroatoms. The van der Waals surface area contributed by atoms with Crippen molar-refractivity contribution in [2.75, 3.05) is 0 Å². The second kappa shape index (κ2) is 5.51. The third-order valence-electron chi connectivity index (χ3n) is 2.56. The Bertz CT molecular complexity index is 311. The van der Waals surface area contributed by atoms with Crippen molar-refractivity contribution in [1.29, 1.82) is 0 Å². The zero-order chi connectivity index (χ0) is 11.3. The van der Waals surface area contributed by atoms with E-state index in [1.54, 1.807) is 6.92 Å². The molecule has 0 saturated carbocycles. The van der Waals surface area contributed by atoms with Crippen LogP contribution in [0.1, 0.15) is 31.4 Å².